The summed E-state index contributed by atoms with van der Waals surface area (Å²) in [6.07, 6.45) is 4.02. The Balaban J connectivity index is 4.29. The first-order valence-corrected chi connectivity index (χ1v) is 7.59. The van der Waals surface area contributed by atoms with E-state index in [9.17, 15) is 4.79 Å². The Morgan fingerprint density at radius 1 is 1.21 bits per heavy atom. The Labute approximate surface area is 118 Å². The van der Waals surface area contributed by atoms with Crippen molar-refractivity contribution < 1.29 is 9.53 Å². The highest BCUT2D eigenvalue weighted by Gasteiger charge is 2.32. The number of carbonyl (C=O) groups excluding carboxylic acids is 1. The Bertz CT molecular complexity index is 246. The van der Waals surface area contributed by atoms with E-state index in [1.807, 2.05) is 6.92 Å². The van der Waals surface area contributed by atoms with Gasteiger partial charge in [-0.05, 0) is 58.8 Å². The fourth-order valence-corrected chi connectivity index (χ4v) is 2.29. The molecular weight excluding hydrogens is 240 g/mol. The molecule has 0 saturated heterocycles. The van der Waals surface area contributed by atoms with Crippen LogP contribution in [0, 0.1) is 0 Å². The van der Waals surface area contributed by atoms with Gasteiger partial charge in [0.1, 0.15) is 5.54 Å². The molecule has 114 valence electrons. The highest BCUT2D eigenvalue weighted by Crippen LogP contribution is 2.15. The van der Waals surface area contributed by atoms with Crippen molar-refractivity contribution in [1.29, 1.82) is 0 Å². The van der Waals surface area contributed by atoms with Crippen LogP contribution in [0.5, 0.6) is 0 Å². The van der Waals surface area contributed by atoms with Crippen molar-refractivity contribution in [2.24, 2.45) is 0 Å². The average Bonchev–Trinajstić information content (AvgIpc) is 2.43. The normalized spacial score (nSPS) is 14.4. The van der Waals surface area contributed by atoms with Crippen LogP contribution in [0.15, 0.2) is 0 Å². The van der Waals surface area contributed by atoms with Gasteiger partial charge in [-0.2, -0.15) is 0 Å². The van der Waals surface area contributed by atoms with Gasteiger partial charge < -0.3 is 15.0 Å². The van der Waals surface area contributed by atoms with Crippen LogP contribution in [-0.2, 0) is 9.53 Å². The number of esters is 1. The number of hydrogen-bond acceptors (Lipinski definition) is 4. The third kappa shape index (κ3) is 6.92. The topological polar surface area (TPSA) is 41.6 Å². The van der Waals surface area contributed by atoms with Gasteiger partial charge in [-0.1, -0.05) is 20.8 Å². The van der Waals surface area contributed by atoms with Gasteiger partial charge in [-0.15, -0.1) is 0 Å². The standard InChI is InChI=1S/C15H32N2O2/c1-6-11-16-15(4,14(18)19-5)10-9-13-17(8-3)12-7-2/h16H,6-13H2,1-5H3. The summed E-state index contributed by atoms with van der Waals surface area (Å²) in [6, 6.07) is 0. The molecule has 1 unspecified atom stereocenters. The van der Waals surface area contributed by atoms with Crippen LogP contribution in [0.2, 0.25) is 0 Å². The van der Waals surface area contributed by atoms with Crippen LogP contribution < -0.4 is 5.32 Å². The van der Waals surface area contributed by atoms with E-state index in [2.05, 4.69) is 31.0 Å². The maximum atomic E-state index is 11.9. The molecule has 0 bridgehead atoms. The molecule has 0 aliphatic heterocycles. The van der Waals surface area contributed by atoms with Crippen LogP contribution >= 0.6 is 0 Å². The zero-order valence-corrected chi connectivity index (χ0v) is 13.4. The van der Waals surface area contributed by atoms with Crippen LogP contribution in [0.1, 0.15) is 53.4 Å². The number of carbonyl (C=O) groups is 1. The van der Waals surface area contributed by atoms with Crippen molar-refractivity contribution in [2.75, 3.05) is 33.3 Å². The molecule has 0 rings (SSSR count). The molecule has 4 heteroatoms. The van der Waals surface area contributed by atoms with Crippen molar-refractivity contribution in [3.05, 3.63) is 0 Å². The molecule has 0 aromatic rings. The van der Waals surface area contributed by atoms with Gasteiger partial charge in [0.05, 0.1) is 7.11 Å². The Morgan fingerprint density at radius 3 is 2.37 bits per heavy atom. The highest BCUT2D eigenvalue weighted by atomic mass is 16.5. The summed E-state index contributed by atoms with van der Waals surface area (Å²) in [6.45, 7) is 12.5. The van der Waals surface area contributed by atoms with Gasteiger partial charge in [0.2, 0.25) is 0 Å². The van der Waals surface area contributed by atoms with E-state index < -0.39 is 5.54 Å². The number of nitrogens with one attached hydrogen (secondary N) is 1. The predicted octanol–water partition coefficient (Wildman–Crippen LogP) is 2.43. The van der Waals surface area contributed by atoms with E-state index in [0.717, 1.165) is 45.4 Å². The van der Waals surface area contributed by atoms with Gasteiger partial charge >= 0.3 is 5.97 Å². The lowest BCUT2D eigenvalue weighted by Gasteiger charge is -2.29. The molecule has 0 aliphatic rings. The number of methoxy groups -OCH3 is 1. The lowest BCUT2D eigenvalue weighted by molar-refractivity contribution is -0.148. The van der Waals surface area contributed by atoms with Gasteiger partial charge in [-0.25, -0.2) is 0 Å². The first-order chi connectivity index (χ1) is 9.03. The van der Waals surface area contributed by atoms with Gasteiger partial charge in [0.25, 0.3) is 0 Å². The van der Waals surface area contributed by atoms with E-state index in [1.165, 1.54) is 13.5 Å². The summed E-state index contributed by atoms with van der Waals surface area (Å²) in [5.74, 6) is -0.153. The molecule has 4 nitrogen and oxygen atoms in total. The zero-order chi connectivity index (χ0) is 14.7. The maximum absolute atomic E-state index is 11.9. The molecule has 0 aromatic heterocycles. The second-order valence-electron chi connectivity index (χ2n) is 5.29. The second-order valence-corrected chi connectivity index (χ2v) is 5.29. The molecule has 0 spiro atoms. The smallest absolute Gasteiger partial charge is 0.325 e. The first-order valence-electron chi connectivity index (χ1n) is 7.59. The van der Waals surface area contributed by atoms with Crippen molar-refractivity contribution >= 4 is 5.97 Å². The minimum atomic E-state index is -0.545. The van der Waals surface area contributed by atoms with Crippen molar-refractivity contribution in [3.8, 4) is 0 Å². The first kappa shape index (κ1) is 18.4. The molecule has 0 heterocycles. The van der Waals surface area contributed by atoms with Crippen LogP contribution in [0.4, 0.5) is 0 Å². The minimum absolute atomic E-state index is 0.153. The summed E-state index contributed by atoms with van der Waals surface area (Å²) in [5.41, 5.74) is -0.545. The molecular formula is C15H32N2O2. The van der Waals surface area contributed by atoms with Crippen LogP contribution in [0.3, 0.4) is 0 Å². The second kappa shape index (κ2) is 10.2. The molecule has 0 radical (unpaired) electrons. The highest BCUT2D eigenvalue weighted by molar-refractivity contribution is 5.80. The van der Waals surface area contributed by atoms with E-state index in [0.29, 0.717) is 0 Å². The van der Waals surface area contributed by atoms with Gasteiger partial charge in [-0.3, -0.25) is 4.79 Å². The number of hydrogen-bond donors (Lipinski definition) is 1. The van der Waals surface area contributed by atoms with Crippen molar-refractivity contribution in [1.82, 2.24) is 10.2 Å². The predicted molar refractivity (Wildman–Crippen MR) is 80.4 cm³/mol. The SMILES string of the molecule is CCCNC(C)(CCCN(CC)CCC)C(=O)OC. The van der Waals surface area contributed by atoms with E-state index in [1.54, 1.807) is 0 Å². The summed E-state index contributed by atoms with van der Waals surface area (Å²) in [7, 11) is 1.46. The van der Waals surface area contributed by atoms with Crippen molar-refractivity contribution in [3.63, 3.8) is 0 Å². The fourth-order valence-electron chi connectivity index (χ4n) is 2.29. The molecule has 1 N–H and O–H groups in total. The molecule has 1 atom stereocenters. The number of rotatable bonds is 11. The molecule has 0 aliphatic carbocycles. The monoisotopic (exact) mass is 272 g/mol. The minimum Gasteiger partial charge on any atom is -0.468 e. The molecule has 0 saturated carbocycles. The Kier molecular flexibility index (Phi) is 9.88. The third-order valence-electron chi connectivity index (χ3n) is 3.54. The number of ether oxygens (including phenoxy) is 1. The summed E-state index contributed by atoms with van der Waals surface area (Å²) in [4.78, 5) is 14.3. The number of nitrogens with zero attached hydrogens (tertiary/aromatic N) is 1. The quantitative estimate of drug-likeness (QED) is 0.587. The summed E-state index contributed by atoms with van der Waals surface area (Å²) >= 11 is 0. The molecule has 0 aromatic carbocycles. The van der Waals surface area contributed by atoms with E-state index in [-0.39, 0.29) is 5.97 Å². The van der Waals surface area contributed by atoms with Crippen LogP contribution in [-0.4, -0.2) is 49.7 Å². The Morgan fingerprint density at radius 2 is 1.89 bits per heavy atom. The lowest BCUT2D eigenvalue weighted by atomic mass is 9.95. The largest absolute Gasteiger partial charge is 0.468 e. The van der Waals surface area contributed by atoms with Gasteiger partial charge in [0, 0.05) is 0 Å². The van der Waals surface area contributed by atoms with E-state index >= 15 is 0 Å². The zero-order valence-electron chi connectivity index (χ0n) is 13.4. The summed E-state index contributed by atoms with van der Waals surface area (Å²) < 4.78 is 4.93. The average molecular weight is 272 g/mol. The summed E-state index contributed by atoms with van der Waals surface area (Å²) in [5, 5.41) is 3.33. The Hall–Kier alpha value is -0.610. The van der Waals surface area contributed by atoms with Gasteiger partial charge in [0.15, 0.2) is 0 Å². The van der Waals surface area contributed by atoms with E-state index in [4.69, 9.17) is 4.74 Å². The molecule has 19 heavy (non-hydrogen) atoms. The van der Waals surface area contributed by atoms with Crippen LogP contribution in [0.25, 0.3) is 0 Å². The van der Waals surface area contributed by atoms with Crippen molar-refractivity contribution in [2.45, 2.75) is 58.9 Å². The molecule has 0 fully saturated rings. The third-order valence-corrected chi connectivity index (χ3v) is 3.54. The fraction of sp³-hybridized carbons (Fsp3) is 0.933. The lowest BCUT2D eigenvalue weighted by Crippen LogP contribution is -2.50. The molecule has 0 amide bonds. The maximum Gasteiger partial charge on any atom is 0.325 e.